The number of morpholine rings is 1. The van der Waals surface area contributed by atoms with Crippen molar-refractivity contribution in [3.8, 4) is 5.69 Å². The van der Waals surface area contributed by atoms with Gasteiger partial charge in [-0.1, -0.05) is 23.7 Å². The molecular weight excluding hydrogens is 452 g/mol. The zero-order chi connectivity index (χ0) is 23.6. The molecule has 1 aromatic carbocycles. The fraction of sp³-hybridized carbons (Fsp3) is 0.440. The number of benzene rings is 1. The Morgan fingerprint density at radius 1 is 1.12 bits per heavy atom. The SMILES string of the molecule is Cc1c2c(cn1C)-n1c(C)nnc1[C@H](CC(=O)N1CC3CCC(C1)O3)N=C2c1ccc(Cl)cc1. The number of halogens is 1. The number of hydrogen-bond donors (Lipinski definition) is 0. The molecule has 2 saturated heterocycles. The lowest BCUT2D eigenvalue weighted by molar-refractivity contribution is -0.140. The van der Waals surface area contributed by atoms with Gasteiger partial charge >= 0.3 is 0 Å². The number of carbonyl (C=O) groups excluding carboxylic acids is 1. The van der Waals surface area contributed by atoms with Crippen LogP contribution in [0.15, 0.2) is 35.5 Å². The lowest BCUT2D eigenvalue weighted by Gasteiger charge is -2.32. The fourth-order valence-corrected chi connectivity index (χ4v) is 5.54. The number of carbonyl (C=O) groups is 1. The monoisotopic (exact) mass is 478 g/mol. The van der Waals surface area contributed by atoms with Gasteiger partial charge in [0.1, 0.15) is 11.9 Å². The van der Waals surface area contributed by atoms with E-state index in [0.717, 1.165) is 46.9 Å². The summed E-state index contributed by atoms with van der Waals surface area (Å²) in [4.78, 5) is 20.6. The molecule has 2 fully saturated rings. The summed E-state index contributed by atoms with van der Waals surface area (Å²) in [6, 6.07) is 7.26. The Balaban J connectivity index is 1.45. The maximum atomic E-state index is 13.5. The number of aromatic nitrogens is 4. The van der Waals surface area contributed by atoms with Crippen LogP contribution in [-0.2, 0) is 16.6 Å². The lowest BCUT2D eigenvalue weighted by atomic mass is 10.0. The topological polar surface area (TPSA) is 77.5 Å². The second-order valence-corrected chi connectivity index (χ2v) is 9.92. The highest BCUT2D eigenvalue weighted by molar-refractivity contribution is 6.30. The summed E-state index contributed by atoms with van der Waals surface area (Å²) >= 11 is 6.18. The molecule has 0 N–H and O–H groups in total. The highest BCUT2D eigenvalue weighted by Gasteiger charge is 2.38. The van der Waals surface area contributed by atoms with E-state index in [9.17, 15) is 4.79 Å². The van der Waals surface area contributed by atoms with Crippen LogP contribution in [0.1, 0.15) is 53.8 Å². The van der Waals surface area contributed by atoms with Crippen molar-refractivity contribution in [2.24, 2.45) is 12.0 Å². The fourth-order valence-electron chi connectivity index (χ4n) is 5.42. The minimum atomic E-state index is -0.447. The van der Waals surface area contributed by atoms with Gasteiger partial charge < -0.3 is 14.2 Å². The molecule has 0 radical (unpaired) electrons. The standard InChI is InChI=1S/C25H27ClN6O2/c1-14-23-21(13-30(14)3)32-15(2)28-29-25(32)20(27-24(23)16-4-6-17(26)7-5-16)10-22(33)31-11-18-8-9-19(12-31)34-18/h4-7,13,18-20H,8-12H2,1-3H3/t18?,19?,20-/m0/s1. The third-order valence-corrected chi connectivity index (χ3v) is 7.51. The van der Waals surface area contributed by atoms with Crippen LogP contribution in [0.25, 0.3) is 5.69 Å². The molecule has 1 amide bonds. The van der Waals surface area contributed by atoms with Gasteiger partial charge in [-0.05, 0) is 38.8 Å². The second kappa shape index (κ2) is 8.06. The Morgan fingerprint density at radius 2 is 1.82 bits per heavy atom. The average molecular weight is 479 g/mol. The van der Waals surface area contributed by atoms with E-state index in [1.165, 1.54) is 0 Å². The van der Waals surface area contributed by atoms with Gasteiger partial charge in [-0.25, -0.2) is 0 Å². The summed E-state index contributed by atoms with van der Waals surface area (Å²) in [7, 11) is 2.02. The highest BCUT2D eigenvalue weighted by Crippen LogP contribution is 2.36. The molecule has 3 aliphatic rings. The summed E-state index contributed by atoms with van der Waals surface area (Å²) in [6.07, 6.45) is 4.69. The number of rotatable bonds is 3. The molecule has 2 bridgehead atoms. The first-order chi connectivity index (χ1) is 16.4. The van der Waals surface area contributed by atoms with E-state index in [4.69, 9.17) is 21.3 Å². The normalized spacial score (nSPS) is 23.4. The molecule has 3 aliphatic heterocycles. The predicted molar refractivity (Wildman–Crippen MR) is 129 cm³/mol. The number of amides is 1. The number of aryl methyl sites for hydroxylation is 2. The Hall–Kier alpha value is -2.97. The maximum Gasteiger partial charge on any atom is 0.225 e. The third kappa shape index (κ3) is 3.47. The number of hydrogen-bond acceptors (Lipinski definition) is 5. The van der Waals surface area contributed by atoms with Gasteiger partial charge in [0.2, 0.25) is 5.91 Å². The summed E-state index contributed by atoms with van der Waals surface area (Å²) in [6.45, 7) is 5.33. The number of fused-ring (bicyclic) bond motifs is 5. The van der Waals surface area contributed by atoms with Crippen molar-refractivity contribution in [3.63, 3.8) is 0 Å². The Bertz CT molecular complexity index is 1300. The number of ether oxygens (including phenoxy) is 1. The molecule has 3 atom stereocenters. The first-order valence-electron chi connectivity index (χ1n) is 11.7. The Labute approximate surface area is 203 Å². The van der Waals surface area contributed by atoms with Crippen molar-refractivity contribution in [2.75, 3.05) is 13.1 Å². The van der Waals surface area contributed by atoms with Crippen LogP contribution in [0.2, 0.25) is 5.02 Å². The van der Waals surface area contributed by atoms with Crippen LogP contribution >= 0.6 is 11.6 Å². The molecule has 6 rings (SSSR count). The molecule has 0 spiro atoms. The largest absolute Gasteiger partial charge is 0.371 e. The molecule has 5 heterocycles. The van der Waals surface area contributed by atoms with Crippen LogP contribution in [-0.4, -0.2) is 61.1 Å². The zero-order valence-electron chi connectivity index (χ0n) is 19.5. The van der Waals surface area contributed by atoms with E-state index < -0.39 is 6.04 Å². The predicted octanol–water partition coefficient (Wildman–Crippen LogP) is 3.55. The van der Waals surface area contributed by atoms with Crippen LogP contribution in [0.3, 0.4) is 0 Å². The molecule has 34 heavy (non-hydrogen) atoms. The van der Waals surface area contributed by atoms with E-state index in [1.807, 2.05) is 43.1 Å². The van der Waals surface area contributed by atoms with Crippen molar-refractivity contribution in [3.05, 3.63) is 64.0 Å². The quantitative estimate of drug-likeness (QED) is 0.576. The van der Waals surface area contributed by atoms with E-state index in [1.54, 1.807) is 0 Å². The first-order valence-corrected chi connectivity index (χ1v) is 12.1. The smallest absolute Gasteiger partial charge is 0.225 e. The van der Waals surface area contributed by atoms with Crippen LogP contribution < -0.4 is 0 Å². The van der Waals surface area contributed by atoms with E-state index in [-0.39, 0.29) is 24.5 Å². The van der Waals surface area contributed by atoms with Crippen molar-refractivity contribution >= 4 is 23.2 Å². The first kappa shape index (κ1) is 21.6. The highest BCUT2D eigenvalue weighted by atomic mass is 35.5. The molecule has 2 unspecified atom stereocenters. The average Bonchev–Trinajstić information content (AvgIpc) is 3.43. The minimum absolute atomic E-state index is 0.0838. The maximum absolute atomic E-state index is 13.5. The van der Waals surface area contributed by atoms with Crippen molar-refractivity contribution in [2.45, 2.75) is 51.4 Å². The van der Waals surface area contributed by atoms with Gasteiger partial charge in [-0.15, -0.1) is 10.2 Å². The lowest BCUT2D eigenvalue weighted by Crippen LogP contribution is -2.46. The summed E-state index contributed by atoms with van der Waals surface area (Å²) in [5.74, 6) is 1.55. The minimum Gasteiger partial charge on any atom is -0.371 e. The number of likely N-dealkylation sites (tertiary alicyclic amines) is 1. The van der Waals surface area contributed by atoms with E-state index in [0.29, 0.717) is 23.9 Å². The second-order valence-electron chi connectivity index (χ2n) is 9.49. The summed E-state index contributed by atoms with van der Waals surface area (Å²) < 4.78 is 10.1. The van der Waals surface area contributed by atoms with Gasteiger partial charge in [0.05, 0.1) is 30.0 Å². The molecular formula is C25H27ClN6O2. The zero-order valence-corrected chi connectivity index (χ0v) is 20.3. The van der Waals surface area contributed by atoms with Crippen LogP contribution in [0.5, 0.6) is 0 Å². The van der Waals surface area contributed by atoms with Gasteiger partial charge in [0.15, 0.2) is 5.82 Å². The number of aliphatic imine (C=N–C) groups is 1. The molecule has 176 valence electrons. The summed E-state index contributed by atoms with van der Waals surface area (Å²) in [5, 5.41) is 9.53. The molecule has 3 aromatic rings. The van der Waals surface area contributed by atoms with Gasteiger partial charge in [0.25, 0.3) is 0 Å². The van der Waals surface area contributed by atoms with Crippen molar-refractivity contribution in [1.29, 1.82) is 0 Å². The van der Waals surface area contributed by atoms with Crippen LogP contribution in [0.4, 0.5) is 0 Å². The molecule has 8 nitrogen and oxygen atoms in total. The van der Waals surface area contributed by atoms with E-state index in [2.05, 4.69) is 32.5 Å². The Kier molecular flexibility index (Phi) is 5.11. The van der Waals surface area contributed by atoms with Crippen molar-refractivity contribution in [1.82, 2.24) is 24.2 Å². The van der Waals surface area contributed by atoms with E-state index >= 15 is 0 Å². The summed E-state index contributed by atoms with van der Waals surface area (Å²) in [5.41, 5.74) is 4.88. The molecule has 0 saturated carbocycles. The molecule has 2 aromatic heterocycles. The van der Waals surface area contributed by atoms with Crippen molar-refractivity contribution < 1.29 is 9.53 Å². The molecule has 0 aliphatic carbocycles. The van der Waals surface area contributed by atoms with Crippen LogP contribution in [0, 0.1) is 13.8 Å². The molecule has 9 heteroatoms. The van der Waals surface area contributed by atoms with Gasteiger partial charge in [-0.3, -0.25) is 14.4 Å². The van der Waals surface area contributed by atoms with Gasteiger partial charge in [-0.2, -0.15) is 0 Å². The number of nitrogens with zero attached hydrogens (tertiary/aromatic N) is 6. The van der Waals surface area contributed by atoms with Gasteiger partial charge in [0, 0.05) is 48.2 Å². The third-order valence-electron chi connectivity index (χ3n) is 7.26. The Morgan fingerprint density at radius 3 is 2.53 bits per heavy atom.